The minimum absolute atomic E-state index is 0.142. The van der Waals surface area contributed by atoms with Crippen LogP contribution < -0.4 is 5.32 Å². The predicted molar refractivity (Wildman–Crippen MR) is 91.5 cm³/mol. The molecule has 6 heteroatoms. The van der Waals surface area contributed by atoms with E-state index in [0.29, 0.717) is 25.2 Å². The lowest BCUT2D eigenvalue weighted by Crippen LogP contribution is -2.43. The van der Waals surface area contributed by atoms with Gasteiger partial charge in [0, 0.05) is 18.4 Å². The van der Waals surface area contributed by atoms with Crippen molar-refractivity contribution >= 4 is 11.9 Å². The normalized spacial score (nSPS) is 14.8. The first-order chi connectivity index (χ1) is 12.2. The molecule has 2 aromatic rings. The van der Waals surface area contributed by atoms with Gasteiger partial charge in [0.25, 0.3) is 0 Å². The zero-order valence-electron chi connectivity index (χ0n) is 14.2. The molecule has 0 saturated heterocycles. The smallest absolute Gasteiger partial charge is 0.328 e. The molecule has 1 aromatic carbocycles. The van der Waals surface area contributed by atoms with Gasteiger partial charge in [-0.3, -0.25) is 4.79 Å². The van der Waals surface area contributed by atoms with Crippen molar-refractivity contribution in [1.29, 1.82) is 0 Å². The number of methoxy groups -OCH3 is 1. The molecule has 132 valence electrons. The van der Waals surface area contributed by atoms with Crippen LogP contribution in [0.4, 0.5) is 0 Å². The molecule has 1 atom stereocenters. The van der Waals surface area contributed by atoms with E-state index in [1.54, 1.807) is 6.20 Å². The molecule has 1 heterocycles. The standard InChI is InChI=1S/C19H22N2O4/c1-24-19(23)18(14-10-11-14)21-16(22)8-5-9-17-20-12-15(25-17)13-6-3-2-4-7-13/h2-4,6-7,12,14,18H,5,8-11H2,1H3,(H,21,22)/t18-/m1/s1. The van der Waals surface area contributed by atoms with Gasteiger partial charge in [-0.15, -0.1) is 0 Å². The van der Waals surface area contributed by atoms with Crippen LogP contribution >= 0.6 is 0 Å². The molecule has 1 aliphatic rings. The number of aromatic nitrogens is 1. The fourth-order valence-corrected chi connectivity index (χ4v) is 2.73. The Labute approximate surface area is 146 Å². The highest BCUT2D eigenvalue weighted by molar-refractivity contribution is 5.84. The monoisotopic (exact) mass is 342 g/mol. The fraction of sp³-hybridized carbons (Fsp3) is 0.421. The first kappa shape index (κ1) is 17.2. The third kappa shape index (κ3) is 4.68. The van der Waals surface area contributed by atoms with Crippen LogP contribution in [0.5, 0.6) is 0 Å². The summed E-state index contributed by atoms with van der Waals surface area (Å²) in [5.74, 6) is 1.04. The van der Waals surface area contributed by atoms with Gasteiger partial charge in [-0.1, -0.05) is 30.3 Å². The summed E-state index contributed by atoms with van der Waals surface area (Å²) >= 11 is 0. The van der Waals surface area contributed by atoms with Crippen LogP contribution in [0.2, 0.25) is 0 Å². The lowest BCUT2D eigenvalue weighted by Gasteiger charge is -2.15. The molecule has 0 aliphatic heterocycles. The maximum absolute atomic E-state index is 12.1. The molecule has 1 fully saturated rings. The van der Waals surface area contributed by atoms with Crippen molar-refractivity contribution in [3.8, 4) is 11.3 Å². The van der Waals surface area contributed by atoms with Gasteiger partial charge in [0.1, 0.15) is 6.04 Å². The van der Waals surface area contributed by atoms with Crippen LogP contribution in [-0.2, 0) is 20.7 Å². The van der Waals surface area contributed by atoms with Crippen molar-refractivity contribution in [2.24, 2.45) is 5.92 Å². The summed E-state index contributed by atoms with van der Waals surface area (Å²) < 4.78 is 10.5. The molecular weight excluding hydrogens is 320 g/mol. The molecule has 1 saturated carbocycles. The average molecular weight is 342 g/mol. The number of amides is 1. The third-order valence-corrected chi connectivity index (χ3v) is 4.27. The second kappa shape index (κ2) is 7.96. The van der Waals surface area contributed by atoms with E-state index in [2.05, 4.69) is 10.3 Å². The number of carbonyl (C=O) groups is 2. The van der Waals surface area contributed by atoms with E-state index in [9.17, 15) is 9.59 Å². The fourth-order valence-electron chi connectivity index (χ4n) is 2.73. The van der Waals surface area contributed by atoms with Gasteiger partial charge >= 0.3 is 5.97 Å². The summed E-state index contributed by atoms with van der Waals surface area (Å²) in [4.78, 5) is 28.0. The predicted octanol–water partition coefficient (Wildman–Crippen LogP) is 2.73. The third-order valence-electron chi connectivity index (χ3n) is 4.27. The molecule has 1 amide bonds. The van der Waals surface area contributed by atoms with E-state index in [0.717, 1.165) is 24.2 Å². The van der Waals surface area contributed by atoms with Gasteiger partial charge < -0.3 is 14.5 Å². The largest absolute Gasteiger partial charge is 0.467 e. The van der Waals surface area contributed by atoms with Crippen molar-refractivity contribution in [3.63, 3.8) is 0 Å². The molecule has 0 radical (unpaired) electrons. The van der Waals surface area contributed by atoms with E-state index in [1.807, 2.05) is 30.3 Å². The topological polar surface area (TPSA) is 81.4 Å². The number of hydrogen-bond acceptors (Lipinski definition) is 5. The SMILES string of the molecule is COC(=O)[C@H](NC(=O)CCCc1ncc(-c2ccccc2)o1)C1CC1. The molecule has 0 spiro atoms. The van der Waals surface area contributed by atoms with Crippen molar-refractivity contribution in [2.75, 3.05) is 7.11 Å². The Kier molecular flexibility index (Phi) is 5.48. The maximum atomic E-state index is 12.1. The second-order valence-electron chi connectivity index (χ2n) is 6.24. The van der Waals surface area contributed by atoms with Crippen LogP contribution in [0.25, 0.3) is 11.3 Å². The van der Waals surface area contributed by atoms with E-state index in [4.69, 9.17) is 9.15 Å². The maximum Gasteiger partial charge on any atom is 0.328 e. The summed E-state index contributed by atoms with van der Waals surface area (Å²) in [6, 6.07) is 9.25. The van der Waals surface area contributed by atoms with Crippen molar-refractivity contribution < 1.29 is 18.7 Å². The molecule has 0 unspecified atom stereocenters. The molecule has 1 aromatic heterocycles. The Balaban J connectivity index is 1.45. The highest BCUT2D eigenvalue weighted by atomic mass is 16.5. The van der Waals surface area contributed by atoms with Gasteiger partial charge in [0.2, 0.25) is 5.91 Å². The molecule has 6 nitrogen and oxygen atoms in total. The van der Waals surface area contributed by atoms with Crippen LogP contribution in [0.3, 0.4) is 0 Å². The van der Waals surface area contributed by atoms with Crippen molar-refractivity contribution in [3.05, 3.63) is 42.4 Å². The van der Waals surface area contributed by atoms with E-state index in [-0.39, 0.29) is 17.8 Å². The molecule has 1 N–H and O–H groups in total. The lowest BCUT2D eigenvalue weighted by molar-refractivity contribution is -0.145. The first-order valence-corrected chi connectivity index (χ1v) is 8.54. The molecule has 3 rings (SSSR count). The van der Waals surface area contributed by atoms with E-state index < -0.39 is 6.04 Å². The average Bonchev–Trinajstić information content (AvgIpc) is 3.37. The molecule has 25 heavy (non-hydrogen) atoms. The van der Waals surface area contributed by atoms with Gasteiger partial charge in [-0.2, -0.15) is 0 Å². The Morgan fingerprint density at radius 1 is 1.32 bits per heavy atom. The summed E-state index contributed by atoms with van der Waals surface area (Å²) in [5.41, 5.74) is 0.976. The van der Waals surface area contributed by atoms with Gasteiger partial charge in [-0.25, -0.2) is 9.78 Å². The minimum Gasteiger partial charge on any atom is -0.467 e. The first-order valence-electron chi connectivity index (χ1n) is 8.54. The molecule has 0 bridgehead atoms. The summed E-state index contributed by atoms with van der Waals surface area (Å²) in [5, 5.41) is 2.78. The number of ether oxygens (including phenoxy) is 1. The van der Waals surface area contributed by atoms with Crippen LogP contribution in [-0.4, -0.2) is 30.0 Å². The zero-order valence-corrected chi connectivity index (χ0v) is 14.2. The lowest BCUT2D eigenvalue weighted by atomic mass is 10.1. The van der Waals surface area contributed by atoms with E-state index in [1.165, 1.54) is 7.11 Å². The number of hydrogen-bond donors (Lipinski definition) is 1. The van der Waals surface area contributed by atoms with Crippen LogP contribution in [0.1, 0.15) is 31.6 Å². The van der Waals surface area contributed by atoms with Crippen molar-refractivity contribution in [2.45, 2.75) is 38.1 Å². The number of benzene rings is 1. The van der Waals surface area contributed by atoms with Gasteiger partial charge in [0.05, 0.1) is 13.3 Å². The Bertz CT molecular complexity index is 722. The molecular formula is C19H22N2O4. The van der Waals surface area contributed by atoms with Crippen LogP contribution in [0, 0.1) is 5.92 Å². The zero-order chi connectivity index (χ0) is 17.6. The van der Waals surface area contributed by atoms with Crippen LogP contribution in [0.15, 0.2) is 40.9 Å². The quantitative estimate of drug-likeness (QED) is 0.746. The highest BCUT2D eigenvalue weighted by Gasteiger charge is 2.37. The van der Waals surface area contributed by atoms with Gasteiger partial charge in [0.15, 0.2) is 11.7 Å². The number of nitrogens with zero attached hydrogens (tertiary/aromatic N) is 1. The Hall–Kier alpha value is -2.63. The minimum atomic E-state index is -0.510. The number of esters is 1. The highest BCUT2D eigenvalue weighted by Crippen LogP contribution is 2.33. The van der Waals surface area contributed by atoms with Gasteiger partial charge in [-0.05, 0) is 25.2 Å². The van der Waals surface area contributed by atoms with E-state index >= 15 is 0 Å². The molecule has 1 aliphatic carbocycles. The summed E-state index contributed by atoms with van der Waals surface area (Å²) in [6.07, 6.45) is 5.12. The second-order valence-corrected chi connectivity index (χ2v) is 6.24. The Morgan fingerprint density at radius 2 is 2.08 bits per heavy atom. The number of carbonyl (C=O) groups excluding carboxylic acids is 2. The summed E-state index contributed by atoms with van der Waals surface area (Å²) in [7, 11) is 1.34. The number of rotatable bonds is 8. The number of nitrogens with one attached hydrogen (secondary N) is 1. The van der Waals surface area contributed by atoms with Crippen molar-refractivity contribution in [1.82, 2.24) is 10.3 Å². The number of oxazole rings is 1. The Morgan fingerprint density at radius 3 is 2.76 bits per heavy atom. The number of aryl methyl sites for hydroxylation is 1. The summed E-state index contributed by atoms with van der Waals surface area (Å²) in [6.45, 7) is 0.